The van der Waals surface area contributed by atoms with Crippen molar-refractivity contribution in [1.29, 1.82) is 0 Å². The van der Waals surface area contributed by atoms with Gasteiger partial charge in [0.2, 0.25) is 25.1 Å². The third kappa shape index (κ3) is 3.98. The smallest absolute Gasteiger partial charge is 0.295 e. The van der Waals surface area contributed by atoms with Gasteiger partial charge in [0.1, 0.15) is 19.0 Å². The van der Waals surface area contributed by atoms with Crippen molar-refractivity contribution >= 4 is 17.4 Å². The lowest BCUT2D eigenvalue weighted by atomic mass is 9.93. The Morgan fingerprint density at radius 1 is 0.833 bits per heavy atom. The molecule has 1 atom stereocenters. The molecule has 0 bridgehead atoms. The number of nitrogens with zero attached hydrogens (tertiary/aromatic N) is 1. The van der Waals surface area contributed by atoms with Crippen molar-refractivity contribution in [3.63, 3.8) is 0 Å². The first kappa shape index (κ1) is 25.7. The number of ether oxygens (including phenoxy) is 8. The zero-order valence-electron chi connectivity index (χ0n) is 22.6. The minimum Gasteiger partial charge on any atom is -0.507 e. The molecule has 0 aromatic heterocycles. The lowest BCUT2D eigenvalue weighted by molar-refractivity contribution is -0.140. The summed E-state index contributed by atoms with van der Waals surface area (Å²) in [5.74, 6) is 1.11. The number of carbonyl (C=O) groups excluding carboxylic acids is 2. The fourth-order valence-electron chi connectivity index (χ4n) is 5.55. The Hall–Kier alpha value is -5.26. The number of aliphatic hydroxyl groups is 1. The van der Waals surface area contributed by atoms with E-state index in [4.69, 9.17) is 37.9 Å². The summed E-state index contributed by atoms with van der Waals surface area (Å²) in [7, 11) is 2.91. The summed E-state index contributed by atoms with van der Waals surface area (Å²) in [6, 6.07) is 10.6. The van der Waals surface area contributed by atoms with Crippen LogP contribution in [0.5, 0.6) is 46.0 Å². The van der Waals surface area contributed by atoms with Crippen molar-refractivity contribution in [2.45, 2.75) is 12.6 Å². The highest BCUT2D eigenvalue weighted by Gasteiger charge is 2.48. The van der Waals surface area contributed by atoms with E-state index in [1.165, 1.54) is 19.1 Å². The first-order chi connectivity index (χ1) is 20.5. The lowest BCUT2D eigenvalue weighted by Crippen LogP contribution is -2.29. The van der Waals surface area contributed by atoms with E-state index in [0.29, 0.717) is 58.8 Å². The molecule has 0 aliphatic carbocycles. The van der Waals surface area contributed by atoms with Crippen molar-refractivity contribution in [2.24, 2.45) is 0 Å². The van der Waals surface area contributed by atoms with Crippen LogP contribution in [-0.2, 0) is 16.1 Å². The summed E-state index contributed by atoms with van der Waals surface area (Å²) in [5.41, 5.74) is 1.17. The maximum Gasteiger partial charge on any atom is 0.295 e. The summed E-state index contributed by atoms with van der Waals surface area (Å²) in [6.45, 7) is 0.761. The van der Waals surface area contributed by atoms with Crippen LogP contribution in [0.15, 0.2) is 48.0 Å². The van der Waals surface area contributed by atoms with Crippen LogP contribution in [0.4, 0.5) is 0 Å². The van der Waals surface area contributed by atoms with E-state index in [2.05, 4.69) is 0 Å². The number of amides is 1. The molecule has 1 amide bonds. The third-order valence-corrected chi connectivity index (χ3v) is 7.46. The maximum absolute atomic E-state index is 13.7. The van der Waals surface area contributed by atoms with Crippen LogP contribution in [-0.4, -0.2) is 62.7 Å². The van der Waals surface area contributed by atoms with Crippen LogP contribution >= 0.6 is 0 Å². The van der Waals surface area contributed by atoms with Gasteiger partial charge in [0.15, 0.2) is 34.5 Å². The molecule has 216 valence electrons. The van der Waals surface area contributed by atoms with E-state index in [1.807, 2.05) is 0 Å². The minimum absolute atomic E-state index is 0.00368. The highest BCUT2D eigenvalue weighted by molar-refractivity contribution is 6.46. The van der Waals surface area contributed by atoms with Gasteiger partial charge in [-0.2, -0.15) is 0 Å². The second-order valence-electron chi connectivity index (χ2n) is 9.74. The van der Waals surface area contributed by atoms with Gasteiger partial charge in [-0.3, -0.25) is 9.59 Å². The second-order valence-corrected chi connectivity index (χ2v) is 9.74. The number of aliphatic hydroxyl groups excluding tert-OH is 1. The van der Waals surface area contributed by atoms with Gasteiger partial charge in [-0.25, -0.2) is 0 Å². The molecule has 4 heterocycles. The summed E-state index contributed by atoms with van der Waals surface area (Å²) < 4.78 is 44.8. The molecule has 4 aliphatic heterocycles. The Labute approximate surface area is 239 Å². The Balaban J connectivity index is 1.41. The van der Waals surface area contributed by atoms with Gasteiger partial charge < -0.3 is 47.9 Å². The maximum atomic E-state index is 13.7. The zero-order valence-corrected chi connectivity index (χ0v) is 22.6. The number of hydrogen-bond acceptors (Lipinski definition) is 11. The van der Waals surface area contributed by atoms with Gasteiger partial charge in [-0.1, -0.05) is 6.07 Å². The normalized spacial score (nSPS) is 19.3. The average molecular weight is 576 g/mol. The number of hydrogen-bond donors (Lipinski definition) is 1. The molecule has 1 N–H and O–H groups in total. The number of rotatable bonds is 6. The van der Waals surface area contributed by atoms with Gasteiger partial charge in [0.25, 0.3) is 11.7 Å². The van der Waals surface area contributed by atoms with E-state index in [1.54, 1.807) is 42.5 Å². The average Bonchev–Trinajstić information content (AvgIpc) is 3.75. The minimum atomic E-state index is -1.10. The number of likely N-dealkylation sites (tertiary alicyclic amines) is 1. The number of ketones is 1. The van der Waals surface area contributed by atoms with E-state index >= 15 is 0 Å². The molecule has 42 heavy (non-hydrogen) atoms. The van der Waals surface area contributed by atoms with Crippen molar-refractivity contribution < 1.29 is 52.6 Å². The molecular formula is C30H25NO11. The molecule has 4 aliphatic rings. The molecule has 3 aromatic rings. The molecule has 0 radical (unpaired) electrons. The topological polar surface area (TPSA) is 131 Å². The van der Waals surface area contributed by atoms with E-state index in [9.17, 15) is 14.7 Å². The van der Waals surface area contributed by atoms with Crippen molar-refractivity contribution in [3.8, 4) is 46.0 Å². The monoisotopic (exact) mass is 575 g/mol. The van der Waals surface area contributed by atoms with Crippen LogP contribution < -0.4 is 37.9 Å². The zero-order chi connectivity index (χ0) is 29.0. The molecule has 0 spiro atoms. The molecule has 1 unspecified atom stereocenters. The van der Waals surface area contributed by atoms with Gasteiger partial charge in [-0.05, 0) is 42.0 Å². The molecule has 3 aromatic carbocycles. The lowest BCUT2D eigenvalue weighted by Gasteiger charge is -2.27. The van der Waals surface area contributed by atoms with E-state index in [-0.39, 0.29) is 48.5 Å². The molecule has 0 saturated carbocycles. The van der Waals surface area contributed by atoms with E-state index < -0.39 is 17.7 Å². The Kier molecular flexibility index (Phi) is 6.10. The number of carbonyl (C=O) groups is 2. The Bertz CT molecular complexity index is 1660. The van der Waals surface area contributed by atoms with E-state index in [0.717, 1.165) is 0 Å². The molecular weight excluding hydrogens is 550 g/mol. The van der Waals surface area contributed by atoms with Crippen molar-refractivity contribution in [2.75, 3.05) is 41.0 Å². The van der Waals surface area contributed by atoms with Crippen molar-refractivity contribution in [1.82, 2.24) is 4.90 Å². The fourth-order valence-corrected chi connectivity index (χ4v) is 5.55. The van der Waals surface area contributed by atoms with Crippen LogP contribution in [0.1, 0.15) is 22.7 Å². The molecule has 12 nitrogen and oxygen atoms in total. The highest BCUT2D eigenvalue weighted by atomic mass is 16.7. The predicted octanol–water partition coefficient (Wildman–Crippen LogP) is 3.55. The number of benzene rings is 3. The molecule has 1 fully saturated rings. The van der Waals surface area contributed by atoms with Gasteiger partial charge in [-0.15, -0.1) is 0 Å². The fraction of sp³-hybridized carbons (Fsp3) is 0.267. The van der Waals surface area contributed by atoms with Gasteiger partial charge >= 0.3 is 0 Å². The first-order valence-electron chi connectivity index (χ1n) is 13.1. The first-order valence-corrected chi connectivity index (χ1v) is 13.1. The molecule has 1 saturated heterocycles. The standard InChI is InChI=1S/C30H25NO11/c1-35-22-11-17(27(36-2)29-28(22)41-14-42-29)24-23(25(32)16-4-6-18-21(10-16)38-8-7-37-18)26(33)30(34)31(24)12-15-3-5-19-20(9-15)40-13-39-19/h3-6,9-11,24,32H,7-8,12-14H2,1-2H3/b25-23+. The summed E-state index contributed by atoms with van der Waals surface area (Å²) in [5, 5.41) is 11.7. The van der Waals surface area contributed by atoms with Gasteiger partial charge in [0.05, 0.1) is 25.8 Å². The third-order valence-electron chi connectivity index (χ3n) is 7.46. The summed E-state index contributed by atoms with van der Waals surface area (Å²) in [6.07, 6.45) is 0. The highest BCUT2D eigenvalue weighted by Crippen LogP contribution is 2.54. The largest absolute Gasteiger partial charge is 0.507 e. The van der Waals surface area contributed by atoms with Crippen LogP contribution in [0.25, 0.3) is 5.76 Å². The summed E-state index contributed by atoms with van der Waals surface area (Å²) >= 11 is 0. The van der Waals surface area contributed by atoms with Gasteiger partial charge in [0, 0.05) is 17.7 Å². The van der Waals surface area contributed by atoms with Crippen LogP contribution in [0, 0.1) is 0 Å². The predicted molar refractivity (Wildman–Crippen MR) is 144 cm³/mol. The Morgan fingerprint density at radius 2 is 1.52 bits per heavy atom. The van der Waals surface area contributed by atoms with Crippen LogP contribution in [0.2, 0.25) is 0 Å². The SMILES string of the molecule is COc1cc(C2/C(=C(\O)c3ccc4c(c3)OCCO4)C(=O)C(=O)N2Cc2ccc3c(c2)OCO3)c(OC)c2c1OCO2. The quantitative estimate of drug-likeness (QED) is 0.263. The van der Waals surface area contributed by atoms with Crippen LogP contribution in [0.3, 0.4) is 0 Å². The number of Topliss-reactive ketones (excluding diaryl/α,β-unsaturated/α-hetero) is 1. The molecule has 12 heteroatoms. The van der Waals surface area contributed by atoms with Crippen molar-refractivity contribution in [3.05, 3.63) is 64.7 Å². The molecule has 7 rings (SSSR count). The second kappa shape index (κ2) is 9.98. The Morgan fingerprint density at radius 3 is 2.33 bits per heavy atom. The summed E-state index contributed by atoms with van der Waals surface area (Å²) in [4.78, 5) is 28.8. The number of fused-ring (bicyclic) bond motifs is 3. The number of methoxy groups -OCH3 is 2.